The van der Waals surface area contributed by atoms with E-state index in [9.17, 15) is 0 Å². The van der Waals surface area contributed by atoms with E-state index in [0.717, 1.165) is 36.4 Å². The molecule has 3 heteroatoms. The van der Waals surface area contributed by atoms with Gasteiger partial charge in [0, 0.05) is 11.5 Å². The van der Waals surface area contributed by atoms with Crippen LogP contribution in [0.15, 0.2) is 36.4 Å². The summed E-state index contributed by atoms with van der Waals surface area (Å²) in [5.41, 5.74) is 1.08. The van der Waals surface area contributed by atoms with Crippen LogP contribution < -0.4 is 4.74 Å². The summed E-state index contributed by atoms with van der Waals surface area (Å²) in [4.78, 5) is 0. The topological polar surface area (TPSA) is 27.7 Å². The van der Waals surface area contributed by atoms with Gasteiger partial charge in [-0.1, -0.05) is 83.1 Å². The van der Waals surface area contributed by atoms with Crippen LogP contribution in [-0.2, 0) is 9.47 Å². The van der Waals surface area contributed by atoms with Gasteiger partial charge >= 0.3 is 0 Å². The average Bonchev–Trinajstić information content (AvgIpc) is 2.84. The van der Waals surface area contributed by atoms with Crippen molar-refractivity contribution in [1.82, 2.24) is 0 Å². The molecule has 3 rings (SSSR count). The SMILES string of the molecule is CCCCCCCC1COC(c2ccc(OCC=CC3CCC(CCC)CC3)cc2)OC1. The van der Waals surface area contributed by atoms with Crippen molar-refractivity contribution in [1.29, 1.82) is 0 Å². The summed E-state index contributed by atoms with van der Waals surface area (Å²) in [6.07, 6.45) is 20.4. The molecule has 0 spiro atoms. The summed E-state index contributed by atoms with van der Waals surface area (Å²) in [7, 11) is 0. The molecule has 1 aromatic carbocycles. The lowest BCUT2D eigenvalue weighted by molar-refractivity contribution is -0.206. The van der Waals surface area contributed by atoms with Gasteiger partial charge in [-0.25, -0.2) is 0 Å². The van der Waals surface area contributed by atoms with Crippen molar-refractivity contribution < 1.29 is 14.2 Å². The number of ether oxygens (including phenoxy) is 3. The standard InChI is InChI=1S/C29H46O3/c1-3-5-6-7-8-11-26-22-31-29(32-23-26)27-17-19-28(20-18-27)30-21-9-12-25-15-13-24(10-4-2)14-16-25/h9,12,17-20,24-26,29H,3-8,10-11,13-16,21-23H2,1-2H3. The van der Waals surface area contributed by atoms with Gasteiger partial charge in [-0.05, 0) is 56.1 Å². The van der Waals surface area contributed by atoms with E-state index in [1.165, 1.54) is 77.0 Å². The number of benzene rings is 1. The molecule has 180 valence electrons. The predicted molar refractivity (Wildman–Crippen MR) is 133 cm³/mol. The molecule has 1 aliphatic heterocycles. The second-order valence-electron chi connectivity index (χ2n) is 9.95. The third kappa shape index (κ3) is 8.90. The Balaban J connectivity index is 1.30. The highest BCUT2D eigenvalue weighted by atomic mass is 16.7. The number of rotatable bonds is 13. The molecule has 1 saturated heterocycles. The monoisotopic (exact) mass is 442 g/mol. The molecular formula is C29H46O3. The Labute approximate surface area is 196 Å². The van der Waals surface area contributed by atoms with Crippen LogP contribution >= 0.6 is 0 Å². The summed E-state index contributed by atoms with van der Waals surface area (Å²) in [6, 6.07) is 8.21. The first-order valence-corrected chi connectivity index (χ1v) is 13.4. The Bertz CT molecular complexity index is 622. The molecule has 1 saturated carbocycles. The predicted octanol–water partition coefficient (Wildman–Crippen LogP) is 8.25. The second kappa shape index (κ2) is 14.8. The van der Waals surface area contributed by atoms with Gasteiger partial charge in [-0.2, -0.15) is 0 Å². The van der Waals surface area contributed by atoms with Crippen molar-refractivity contribution in [3.8, 4) is 5.75 Å². The molecule has 2 fully saturated rings. The number of allylic oxidation sites excluding steroid dienone is 1. The average molecular weight is 443 g/mol. The van der Waals surface area contributed by atoms with Crippen LogP contribution in [0.1, 0.15) is 103 Å². The van der Waals surface area contributed by atoms with Crippen molar-refractivity contribution >= 4 is 0 Å². The molecule has 0 amide bonds. The number of hydrogen-bond acceptors (Lipinski definition) is 3. The largest absolute Gasteiger partial charge is 0.490 e. The van der Waals surface area contributed by atoms with E-state index >= 15 is 0 Å². The van der Waals surface area contributed by atoms with E-state index in [2.05, 4.69) is 38.1 Å². The summed E-state index contributed by atoms with van der Waals surface area (Å²) < 4.78 is 17.9. The summed E-state index contributed by atoms with van der Waals surface area (Å²) in [5, 5.41) is 0. The fraction of sp³-hybridized carbons (Fsp3) is 0.724. The maximum atomic E-state index is 6.01. The lowest BCUT2D eigenvalue weighted by atomic mass is 9.80. The van der Waals surface area contributed by atoms with Gasteiger partial charge in [0.25, 0.3) is 0 Å². The molecule has 0 atom stereocenters. The van der Waals surface area contributed by atoms with E-state index < -0.39 is 0 Å². The zero-order valence-electron chi connectivity index (χ0n) is 20.6. The van der Waals surface area contributed by atoms with Crippen LogP contribution in [0.4, 0.5) is 0 Å². The first kappa shape index (κ1) is 25.3. The first-order valence-electron chi connectivity index (χ1n) is 13.4. The van der Waals surface area contributed by atoms with Crippen LogP contribution in [-0.4, -0.2) is 19.8 Å². The minimum absolute atomic E-state index is 0.233. The van der Waals surface area contributed by atoms with Crippen molar-refractivity contribution in [3.05, 3.63) is 42.0 Å². The van der Waals surface area contributed by atoms with Gasteiger partial charge in [0.2, 0.25) is 0 Å². The normalized spacial score (nSPS) is 26.4. The third-order valence-corrected chi connectivity index (χ3v) is 7.18. The lowest BCUT2D eigenvalue weighted by Gasteiger charge is -2.29. The van der Waals surface area contributed by atoms with Gasteiger partial charge in [0.15, 0.2) is 6.29 Å². The van der Waals surface area contributed by atoms with E-state index in [-0.39, 0.29) is 6.29 Å². The Hall–Kier alpha value is -1.32. The van der Waals surface area contributed by atoms with Crippen molar-refractivity contribution in [2.75, 3.05) is 19.8 Å². The van der Waals surface area contributed by atoms with Crippen molar-refractivity contribution in [2.45, 2.75) is 97.2 Å². The van der Waals surface area contributed by atoms with Gasteiger partial charge in [-0.3, -0.25) is 0 Å². The third-order valence-electron chi connectivity index (χ3n) is 7.18. The summed E-state index contributed by atoms with van der Waals surface area (Å²) in [5.74, 6) is 3.17. The zero-order chi connectivity index (χ0) is 22.4. The summed E-state index contributed by atoms with van der Waals surface area (Å²) >= 11 is 0. The van der Waals surface area contributed by atoms with Gasteiger partial charge in [0.05, 0.1) is 13.2 Å². The molecule has 3 nitrogen and oxygen atoms in total. The van der Waals surface area contributed by atoms with E-state index in [0.29, 0.717) is 12.5 Å². The Kier molecular flexibility index (Phi) is 11.7. The van der Waals surface area contributed by atoms with Crippen LogP contribution in [0.5, 0.6) is 5.75 Å². The van der Waals surface area contributed by atoms with Gasteiger partial charge < -0.3 is 14.2 Å². The second-order valence-corrected chi connectivity index (χ2v) is 9.95. The smallest absolute Gasteiger partial charge is 0.183 e. The maximum absolute atomic E-state index is 6.01. The number of hydrogen-bond donors (Lipinski definition) is 0. The summed E-state index contributed by atoms with van der Waals surface area (Å²) in [6.45, 7) is 6.82. The fourth-order valence-electron chi connectivity index (χ4n) is 5.13. The minimum atomic E-state index is -0.233. The molecule has 1 aromatic rings. The molecule has 2 aliphatic rings. The molecule has 0 N–H and O–H groups in total. The first-order chi connectivity index (χ1) is 15.8. The number of unbranched alkanes of at least 4 members (excludes halogenated alkanes) is 4. The fourth-order valence-corrected chi connectivity index (χ4v) is 5.13. The van der Waals surface area contributed by atoms with Gasteiger partial charge in [-0.15, -0.1) is 0 Å². The Morgan fingerprint density at radius 3 is 2.22 bits per heavy atom. The maximum Gasteiger partial charge on any atom is 0.183 e. The Morgan fingerprint density at radius 1 is 0.812 bits per heavy atom. The highest BCUT2D eigenvalue weighted by Gasteiger charge is 2.23. The highest BCUT2D eigenvalue weighted by molar-refractivity contribution is 5.28. The molecule has 1 heterocycles. The molecule has 0 radical (unpaired) electrons. The van der Waals surface area contributed by atoms with Crippen molar-refractivity contribution in [2.24, 2.45) is 17.8 Å². The van der Waals surface area contributed by atoms with E-state index in [4.69, 9.17) is 14.2 Å². The molecule has 1 aliphatic carbocycles. The molecule has 0 aromatic heterocycles. The minimum Gasteiger partial charge on any atom is -0.490 e. The van der Waals surface area contributed by atoms with E-state index in [1.54, 1.807) is 0 Å². The van der Waals surface area contributed by atoms with Crippen LogP contribution in [0.3, 0.4) is 0 Å². The van der Waals surface area contributed by atoms with E-state index in [1.807, 2.05) is 12.1 Å². The molecule has 0 unspecified atom stereocenters. The zero-order valence-corrected chi connectivity index (χ0v) is 20.6. The molecule has 32 heavy (non-hydrogen) atoms. The van der Waals surface area contributed by atoms with Crippen LogP contribution in [0, 0.1) is 17.8 Å². The molecular weight excluding hydrogens is 396 g/mol. The quantitative estimate of drug-likeness (QED) is 0.227. The molecule has 0 bridgehead atoms. The Morgan fingerprint density at radius 2 is 1.53 bits per heavy atom. The lowest BCUT2D eigenvalue weighted by Crippen LogP contribution is -2.27. The van der Waals surface area contributed by atoms with Gasteiger partial charge in [0.1, 0.15) is 12.4 Å². The highest BCUT2D eigenvalue weighted by Crippen LogP contribution is 2.32. The van der Waals surface area contributed by atoms with Crippen LogP contribution in [0.2, 0.25) is 0 Å². The van der Waals surface area contributed by atoms with Crippen LogP contribution in [0.25, 0.3) is 0 Å². The van der Waals surface area contributed by atoms with Crippen molar-refractivity contribution in [3.63, 3.8) is 0 Å².